The molecule has 0 heterocycles. The zero-order valence-electron chi connectivity index (χ0n) is 18.5. The summed E-state index contributed by atoms with van der Waals surface area (Å²) in [6.45, 7) is 0.843. The summed E-state index contributed by atoms with van der Waals surface area (Å²) in [4.78, 5) is 12.9. The molecule has 0 radical (unpaired) electrons. The van der Waals surface area contributed by atoms with Gasteiger partial charge in [-0.15, -0.1) is 6.58 Å². The summed E-state index contributed by atoms with van der Waals surface area (Å²) in [6.07, 6.45) is 13.6. The highest BCUT2D eigenvalue weighted by Gasteiger charge is 2.43. The number of benzene rings is 1. The number of hydrogen-bond acceptors (Lipinski definition) is 3. The molecule has 0 bridgehead atoms. The van der Waals surface area contributed by atoms with Crippen LogP contribution in [-0.4, -0.2) is 12.6 Å². The molecule has 3 aliphatic carbocycles. The van der Waals surface area contributed by atoms with E-state index in [-0.39, 0.29) is 17.6 Å². The van der Waals surface area contributed by atoms with Crippen molar-refractivity contribution in [3.05, 3.63) is 36.7 Å². The first kappa shape index (κ1) is 23.2. The monoisotopic (exact) mass is 450 g/mol. The number of fused-ring (bicyclic) bond motifs is 1. The number of ether oxygens (including phenoxy) is 2. The summed E-state index contributed by atoms with van der Waals surface area (Å²) >= 11 is 0. The molecule has 1 aromatic carbocycles. The second-order valence-electron chi connectivity index (χ2n) is 9.84. The van der Waals surface area contributed by atoms with E-state index >= 15 is 0 Å². The molecule has 4 rings (SSSR count). The van der Waals surface area contributed by atoms with Crippen molar-refractivity contribution in [3.63, 3.8) is 0 Å². The Balaban J connectivity index is 1.35. The standard InChI is InChI=1S/C26H33F3O3/c1-2-16-6-8-17(9-7-16)18-10-12-21-19(14-18)4-3-5-22(21)25(30)31-20-11-13-24(23(27)15-20)32-26(28)29/h2,11,13,15-19,21-22,26H,1,3-10,12,14H2. The van der Waals surface area contributed by atoms with Crippen LogP contribution < -0.4 is 9.47 Å². The van der Waals surface area contributed by atoms with Gasteiger partial charge in [0.25, 0.3) is 0 Å². The van der Waals surface area contributed by atoms with E-state index in [0.29, 0.717) is 17.8 Å². The second-order valence-corrected chi connectivity index (χ2v) is 9.84. The maximum absolute atomic E-state index is 14.0. The minimum Gasteiger partial charge on any atom is -0.432 e. The molecule has 4 unspecified atom stereocenters. The van der Waals surface area contributed by atoms with E-state index in [1.165, 1.54) is 51.0 Å². The van der Waals surface area contributed by atoms with Crippen LogP contribution in [0.2, 0.25) is 0 Å². The Morgan fingerprint density at radius 1 is 1.00 bits per heavy atom. The molecule has 32 heavy (non-hydrogen) atoms. The molecular weight excluding hydrogens is 417 g/mol. The summed E-state index contributed by atoms with van der Waals surface area (Å²) < 4.78 is 48.2. The van der Waals surface area contributed by atoms with Gasteiger partial charge in [0.05, 0.1) is 5.92 Å². The first-order valence-corrected chi connectivity index (χ1v) is 12.0. The number of rotatable bonds is 6. The second kappa shape index (κ2) is 10.3. The predicted octanol–water partition coefficient (Wildman–Crippen LogP) is 7.16. The molecule has 176 valence electrons. The number of esters is 1. The Bertz CT molecular complexity index is 804. The number of hydrogen-bond donors (Lipinski definition) is 0. The molecule has 3 aliphatic rings. The van der Waals surface area contributed by atoms with Gasteiger partial charge in [0.1, 0.15) is 5.75 Å². The molecule has 0 saturated heterocycles. The van der Waals surface area contributed by atoms with Crippen molar-refractivity contribution in [2.45, 2.75) is 70.8 Å². The van der Waals surface area contributed by atoms with Crippen LogP contribution in [0.4, 0.5) is 13.2 Å². The van der Waals surface area contributed by atoms with Crippen LogP contribution in [0.1, 0.15) is 64.2 Å². The van der Waals surface area contributed by atoms with Crippen LogP contribution in [0.15, 0.2) is 30.9 Å². The average molecular weight is 451 g/mol. The number of allylic oxidation sites excluding steroid dienone is 1. The minimum atomic E-state index is -3.11. The Kier molecular flexibility index (Phi) is 7.47. The van der Waals surface area contributed by atoms with Gasteiger partial charge >= 0.3 is 12.6 Å². The third-order valence-corrected chi connectivity index (χ3v) is 8.15. The molecule has 3 nitrogen and oxygen atoms in total. The molecule has 3 fully saturated rings. The lowest BCUT2D eigenvalue weighted by atomic mass is 9.59. The van der Waals surface area contributed by atoms with Crippen molar-refractivity contribution in [2.24, 2.45) is 35.5 Å². The maximum atomic E-state index is 14.0. The van der Waals surface area contributed by atoms with Crippen molar-refractivity contribution in [2.75, 3.05) is 0 Å². The smallest absolute Gasteiger partial charge is 0.387 e. The molecule has 0 aliphatic heterocycles. The lowest BCUT2D eigenvalue weighted by molar-refractivity contribution is -0.144. The number of carbonyl (C=O) groups excluding carboxylic acids is 1. The number of alkyl halides is 2. The topological polar surface area (TPSA) is 35.5 Å². The van der Waals surface area contributed by atoms with E-state index in [4.69, 9.17) is 4.74 Å². The third-order valence-electron chi connectivity index (χ3n) is 8.15. The van der Waals surface area contributed by atoms with Crippen LogP contribution in [0, 0.1) is 41.3 Å². The maximum Gasteiger partial charge on any atom is 0.387 e. The summed E-state index contributed by atoms with van der Waals surface area (Å²) in [7, 11) is 0. The van der Waals surface area contributed by atoms with Crippen molar-refractivity contribution in [1.82, 2.24) is 0 Å². The van der Waals surface area contributed by atoms with E-state index in [1.54, 1.807) is 0 Å². The molecule has 0 N–H and O–H groups in total. The van der Waals surface area contributed by atoms with Crippen LogP contribution in [-0.2, 0) is 4.79 Å². The zero-order valence-corrected chi connectivity index (χ0v) is 18.5. The van der Waals surface area contributed by atoms with Crippen molar-refractivity contribution >= 4 is 5.97 Å². The van der Waals surface area contributed by atoms with Gasteiger partial charge < -0.3 is 9.47 Å². The Hall–Kier alpha value is -1.98. The van der Waals surface area contributed by atoms with Crippen molar-refractivity contribution < 1.29 is 27.4 Å². The Morgan fingerprint density at radius 2 is 1.75 bits per heavy atom. The first-order chi connectivity index (χ1) is 15.4. The molecule has 0 amide bonds. The van der Waals surface area contributed by atoms with Gasteiger partial charge in [-0.05, 0) is 93.1 Å². The summed E-state index contributed by atoms with van der Waals surface area (Å²) in [5, 5.41) is 0. The lowest BCUT2D eigenvalue weighted by Gasteiger charge is -2.45. The molecule has 0 aromatic heterocycles. The van der Waals surface area contributed by atoms with Gasteiger partial charge in [-0.1, -0.05) is 18.9 Å². The fourth-order valence-corrected chi connectivity index (χ4v) is 6.50. The summed E-state index contributed by atoms with van der Waals surface area (Å²) in [5.74, 6) is 1.12. The van der Waals surface area contributed by atoms with Crippen molar-refractivity contribution in [1.29, 1.82) is 0 Å². The van der Waals surface area contributed by atoms with Gasteiger partial charge in [-0.25, -0.2) is 4.39 Å². The molecule has 0 spiro atoms. The third kappa shape index (κ3) is 5.32. The van der Waals surface area contributed by atoms with Gasteiger partial charge in [0.15, 0.2) is 11.6 Å². The average Bonchev–Trinajstić information content (AvgIpc) is 2.80. The first-order valence-electron chi connectivity index (χ1n) is 12.0. The predicted molar refractivity (Wildman–Crippen MR) is 116 cm³/mol. The van der Waals surface area contributed by atoms with Crippen LogP contribution in [0.5, 0.6) is 11.5 Å². The number of halogens is 3. The summed E-state index contributed by atoms with van der Waals surface area (Å²) in [6, 6.07) is 3.31. The van der Waals surface area contributed by atoms with Gasteiger partial charge in [0, 0.05) is 6.07 Å². The molecular formula is C26H33F3O3. The van der Waals surface area contributed by atoms with E-state index in [9.17, 15) is 18.0 Å². The van der Waals surface area contributed by atoms with E-state index < -0.39 is 18.2 Å². The van der Waals surface area contributed by atoms with Crippen LogP contribution in [0.25, 0.3) is 0 Å². The summed E-state index contributed by atoms with van der Waals surface area (Å²) in [5.41, 5.74) is 0. The lowest BCUT2D eigenvalue weighted by Crippen LogP contribution is -2.40. The minimum absolute atomic E-state index is 0.0314. The van der Waals surface area contributed by atoms with E-state index in [1.807, 2.05) is 0 Å². The largest absolute Gasteiger partial charge is 0.432 e. The molecule has 3 saturated carbocycles. The fourth-order valence-electron chi connectivity index (χ4n) is 6.50. The Labute approximate surface area is 188 Å². The molecule has 6 heteroatoms. The van der Waals surface area contributed by atoms with Crippen molar-refractivity contribution in [3.8, 4) is 11.5 Å². The van der Waals surface area contributed by atoms with Gasteiger partial charge in [-0.3, -0.25) is 4.79 Å². The fraction of sp³-hybridized carbons (Fsp3) is 0.654. The van der Waals surface area contributed by atoms with Gasteiger partial charge in [0.2, 0.25) is 0 Å². The van der Waals surface area contributed by atoms with E-state index in [2.05, 4.69) is 17.4 Å². The van der Waals surface area contributed by atoms with Gasteiger partial charge in [-0.2, -0.15) is 8.78 Å². The van der Waals surface area contributed by atoms with E-state index in [0.717, 1.165) is 43.2 Å². The van der Waals surface area contributed by atoms with Crippen LogP contribution in [0.3, 0.4) is 0 Å². The highest BCUT2D eigenvalue weighted by atomic mass is 19.3. The molecule has 1 aromatic rings. The number of carbonyl (C=O) groups is 1. The molecule has 4 atom stereocenters. The van der Waals surface area contributed by atoms with Crippen LogP contribution >= 0.6 is 0 Å². The highest BCUT2D eigenvalue weighted by molar-refractivity contribution is 5.75. The highest BCUT2D eigenvalue weighted by Crippen LogP contribution is 2.50. The quantitative estimate of drug-likeness (QED) is 0.262. The zero-order chi connectivity index (χ0) is 22.7. The Morgan fingerprint density at radius 3 is 2.44 bits per heavy atom. The normalized spacial score (nSPS) is 32.8. The SMILES string of the molecule is C=CC1CCC(C2CCC3C(CCCC3C(=O)Oc3ccc(OC(F)F)c(F)c3)C2)CC1.